The SMILES string of the molecule is C=CCn1c(-c2ccc(S(=O)(=O)N(C)C)cc2)csc1=Nc1ccc(C)cc1. The second-order valence-electron chi connectivity index (χ2n) is 6.56. The molecule has 0 saturated heterocycles. The van der Waals surface area contributed by atoms with Crippen LogP contribution in [0.2, 0.25) is 0 Å². The fraction of sp³-hybridized carbons (Fsp3) is 0.190. The highest BCUT2D eigenvalue weighted by Crippen LogP contribution is 2.24. The van der Waals surface area contributed by atoms with E-state index in [4.69, 9.17) is 4.99 Å². The Hall–Kier alpha value is -2.48. The van der Waals surface area contributed by atoms with E-state index in [1.807, 2.05) is 54.8 Å². The van der Waals surface area contributed by atoms with Crippen LogP contribution in [0.4, 0.5) is 5.69 Å². The van der Waals surface area contributed by atoms with Gasteiger partial charge in [0.25, 0.3) is 0 Å². The molecular formula is C21H23N3O2S2. The standard InChI is InChI=1S/C21H23N3O2S2/c1-5-14-24-20(15-27-21(24)22-18-10-6-16(2)7-11-18)17-8-12-19(13-9-17)28(25,26)23(3)4/h5-13,15H,1,14H2,2-4H3. The summed E-state index contributed by atoms with van der Waals surface area (Å²) in [7, 11) is -0.387. The molecule has 0 bridgehead atoms. The van der Waals surface area contributed by atoms with Crippen molar-refractivity contribution in [3.63, 3.8) is 0 Å². The van der Waals surface area contributed by atoms with Gasteiger partial charge in [0.05, 0.1) is 16.3 Å². The molecule has 1 heterocycles. The van der Waals surface area contributed by atoms with Gasteiger partial charge in [0, 0.05) is 26.0 Å². The molecule has 146 valence electrons. The first kappa shape index (κ1) is 20.3. The first-order valence-corrected chi connectivity index (χ1v) is 11.1. The third kappa shape index (κ3) is 4.16. The van der Waals surface area contributed by atoms with Crippen molar-refractivity contribution in [2.45, 2.75) is 18.4 Å². The Labute approximate surface area is 170 Å². The summed E-state index contributed by atoms with van der Waals surface area (Å²) in [6.07, 6.45) is 1.83. The van der Waals surface area contributed by atoms with Crippen molar-refractivity contribution in [1.82, 2.24) is 8.87 Å². The van der Waals surface area contributed by atoms with Crippen molar-refractivity contribution in [1.29, 1.82) is 0 Å². The largest absolute Gasteiger partial charge is 0.313 e. The number of thiazole rings is 1. The molecule has 0 radical (unpaired) electrons. The van der Waals surface area contributed by atoms with Crippen LogP contribution in [-0.2, 0) is 16.6 Å². The lowest BCUT2D eigenvalue weighted by atomic mass is 10.2. The Balaban J connectivity index is 2.04. The van der Waals surface area contributed by atoms with Crippen LogP contribution in [0.25, 0.3) is 11.3 Å². The van der Waals surface area contributed by atoms with Crippen LogP contribution in [0.5, 0.6) is 0 Å². The van der Waals surface area contributed by atoms with Crippen molar-refractivity contribution in [2.75, 3.05) is 14.1 Å². The molecule has 0 fully saturated rings. The van der Waals surface area contributed by atoms with Gasteiger partial charge < -0.3 is 4.57 Å². The molecule has 0 atom stereocenters. The highest BCUT2D eigenvalue weighted by atomic mass is 32.2. The zero-order valence-corrected chi connectivity index (χ0v) is 17.8. The van der Waals surface area contributed by atoms with Gasteiger partial charge in [-0.25, -0.2) is 17.7 Å². The Morgan fingerprint density at radius 1 is 1.11 bits per heavy atom. The van der Waals surface area contributed by atoms with Crippen LogP contribution in [0.15, 0.2) is 76.5 Å². The van der Waals surface area contributed by atoms with Gasteiger partial charge in [0.2, 0.25) is 10.0 Å². The lowest BCUT2D eigenvalue weighted by Gasteiger charge is -2.12. The predicted molar refractivity (Wildman–Crippen MR) is 115 cm³/mol. The zero-order chi connectivity index (χ0) is 20.3. The number of nitrogens with zero attached hydrogens (tertiary/aromatic N) is 3. The summed E-state index contributed by atoms with van der Waals surface area (Å²) in [6, 6.07) is 15.0. The van der Waals surface area contributed by atoms with Crippen LogP contribution in [0.1, 0.15) is 5.56 Å². The van der Waals surface area contributed by atoms with E-state index in [0.717, 1.165) is 21.7 Å². The van der Waals surface area contributed by atoms with Gasteiger partial charge in [-0.05, 0) is 36.8 Å². The smallest absolute Gasteiger partial charge is 0.242 e. The Bertz CT molecular complexity index is 1140. The highest BCUT2D eigenvalue weighted by Gasteiger charge is 2.17. The third-order valence-corrected chi connectivity index (χ3v) is 6.99. The van der Waals surface area contributed by atoms with Gasteiger partial charge in [-0.1, -0.05) is 35.9 Å². The minimum atomic E-state index is -3.44. The van der Waals surface area contributed by atoms with E-state index in [9.17, 15) is 8.42 Å². The van der Waals surface area contributed by atoms with E-state index < -0.39 is 10.0 Å². The van der Waals surface area contributed by atoms with Gasteiger partial charge in [0.1, 0.15) is 0 Å². The molecule has 0 saturated carbocycles. The topological polar surface area (TPSA) is 54.7 Å². The fourth-order valence-electron chi connectivity index (χ4n) is 2.69. The average Bonchev–Trinajstić information content (AvgIpc) is 3.06. The van der Waals surface area contributed by atoms with Gasteiger partial charge in [0.15, 0.2) is 4.80 Å². The molecule has 2 aromatic carbocycles. The van der Waals surface area contributed by atoms with Crippen molar-refractivity contribution < 1.29 is 8.42 Å². The van der Waals surface area contributed by atoms with E-state index in [0.29, 0.717) is 6.54 Å². The van der Waals surface area contributed by atoms with Gasteiger partial charge in [-0.2, -0.15) is 0 Å². The summed E-state index contributed by atoms with van der Waals surface area (Å²) in [5.74, 6) is 0. The molecule has 3 rings (SSSR count). The summed E-state index contributed by atoms with van der Waals surface area (Å²) in [6.45, 7) is 6.51. The van der Waals surface area contributed by atoms with Crippen LogP contribution in [-0.4, -0.2) is 31.4 Å². The second kappa shape index (κ2) is 8.26. The van der Waals surface area contributed by atoms with E-state index in [1.54, 1.807) is 23.5 Å². The number of hydrogen-bond donors (Lipinski definition) is 0. The highest BCUT2D eigenvalue weighted by molar-refractivity contribution is 7.89. The Morgan fingerprint density at radius 3 is 2.32 bits per heavy atom. The van der Waals surface area contributed by atoms with Crippen molar-refractivity contribution in [2.24, 2.45) is 4.99 Å². The van der Waals surface area contributed by atoms with Crippen LogP contribution >= 0.6 is 11.3 Å². The quantitative estimate of drug-likeness (QED) is 0.569. The maximum absolute atomic E-state index is 12.3. The zero-order valence-electron chi connectivity index (χ0n) is 16.2. The molecular weight excluding hydrogens is 390 g/mol. The minimum absolute atomic E-state index is 0.274. The maximum Gasteiger partial charge on any atom is 0.242 e. The van der Waals surface area contributed by atoms with Crippen molar-refractivity contribution in [3.05, 3.63) is 76.9 Å². The number of benzene rings is 2. The molecule has 3 aromatic rings. The first-order valence-electron chi connectivity index (χ1n) is 8.76. The average molecular weight is 414 g/mol. The van der Waals surface area contributed by atoms with Gasteiger partial charge in [-0.3, -0.25) is 0 Å². The summed E-state index contributed by atoms with van der Waals surface area (Å²) in [5.41, 5.74) is 3.99. The molecule has 0 aliphatic heterocycles. The minimum Gasteiger partial charge on any atom is -0.313 e. The number of allylic oxidation sites excluding steroid dienone is 1. The predicted octanol–water partition coefficient (Wildman–Crippen LogP) is 4.19. The van der Waals surface area contributed by atoms with Crippen molar-refractivity contribution >= 4 is 27.0 Å². The Kier molecular flexibility index (Phi) is 5.98. The lowest BCUT2D eigenvalue weighted by molar-refractivity contribution is 0.521. The normalized spacial score (nSPS) is 12.5. The number of sulfonamides is 1. The molecule has 0 aliphatic rings. The lowest BCUT2D eigenvalue weighted by Crippen LogP contribution is -2.22. The molecule has 0 unspecified atom stereocenters. The molecule has 0 spiro atoms. The molecule has 1 aromatic heterocycles. The summed E-state index contributed by atoms with van der Waals surface area (Å²) < 4.78 is 27.8. The van der Waals surface area contributed by atoms with Gasteiger partial charge >= 0.3 is 0 Å². The number of hydrogen-bond acceptors (Lipinski definition) is 4. The second-order valence-corrected chi connectivity index (χ2v) is 9.55. The van der Waals surface area contributed by atoms with Crippen LogP contribution in [0.3, 0.4) is 0 Å². The molecule has 0 amide bonds. The molecule has 28 heavy (non-hydrogen) atoms. The molecule has 7 heteroatoms. The number of aryl methyl sites for hydroxylation is 1. The molecule has 0 aliphatic carbocycles. The molecule has 0 N–H and O–H groups in total. The first-order chi connectivity index (χ1) is 13.3. The third-order valence-electron chi connectivity index (χ3n) is 4.30. The number of aromatic nitrogens is 1. The summed E-state index contributed by atoms with van der Waals surface area (Å²) in [5, 5.41) is 2.03. The monoisotopic (exact) mass is 413 g/mol. The summed E-state index contributed by atoms with van der Waals surface area (Å²) >= 11 is 1.55. The van der Waals surface area contributed by atoms with E-state index in [-0.39, 0.29) is 4.90 Å². The van der Waals surface area contributed by atoms with E-state index in [1.165, 1.54) is 24.0 Å². The number of rotatable bonds is 6. The van der Waals surface area contributed by atoms with E-state index >= 15 is 0 Å². The Morgan fingerprint density at radius 2 is 1.75 bits per heavy atom. The van der Waals surface area contributed by atoms with Crippen LogP contribution < -0.4 is 4.80 Å². The summed E-state index contributed by atoms with van der Waals surface area (Å²) in [4.78, 5) is 5.90. The molecule has 5 nitrogen and oxygen atoms in total. The fourth-order valence-corrected chi connectivity index (χ4v) is 4.53. The van der Waals surface area contributed by atoms with Crippen LogP contribution in [0, 0.1) is 6.92 Å². The van der Waals surface area contributed by atoms with Crippen molar-refractivity contribution in [3.8, 4) is 11.3 Å². The van der Waals surface area contributed by atoms with E-state index in [2.05, 4.69) is 11.1 Å². The maximum atomic E-state index is 12.3. The van der Waals surface area contributed by atoms with Gasteiger partial charge in [-0.15, -0.1) is 17.9 Å².